The maximum Gasteiger partial charge on any atom is 0.105 e. The molecule has 1 rings (SSSR count). The minimum Gasteiger partial charge on any atom is -0.335 e. The number of halogens is 1. The van der Waals surface area contributed by atoms with Crippen molar-refractivity contribution in [1.82, 2.24) is 9.55 Å². The predicted octanol–water partition coefficient (Wildman–Crippen LogP) is 2.22. The third kappa shape index (κ3) is 2.28. The van der Waals surface area contributed by atoms with Crippen molar-refractivity contribution in [3.8, 4) is 0 Å². The average Bonchev–Trinajstić information content (AvgIpc) is 2.18. The van der Waals surface area contributed by atoms with Crippen LogP contribution >= 0.6 is 24.0 Å². The van der Waals surface area contributed by atoms with Crippen molar-refractivity contribution >= 4 is 24.0 Å². The molecule has 0 aliphatic rings. The van der Waals surface area contributed by atoms with Crippen molar-refractivity contribution < 1.29 is 0 Å². The Hall–Kier alpha value is -0.0600. The standard InChI is InChI=1S/C7H12N2.HI/c1-3-5-9-6-4-8-7(9)2;/h4,6H,3,5H2,1-2H3;1H. The molecule has 1 aromatic heterocycles. The lowest BCUT2D eigenvalue weighted by Gasteiger charge is -1.99. The second-order valence-electron chi connectivity index (χ2n) is 2.17. The first-order chi connectivity index (χ1) is 4.34. The summed E-state index contributed by atoms with van der Waals surface area (Å²) in [6.07, 6.45) is 5.03. The van der Waals surface area contributed by atoms with Crippen LogP contribution in [0.1, 0.15) is 19.2 Å². The third-order valence-corrected chi connectivity index (χ3v) is 1.39. The second-order valence-corrected chi connectivity index (χ2v) is 2.17. The first-order valence-corrected chi connectivity index (χ1v) is 3.32. The molecule has 0 saturated heterocycles. The molecule has 0 aliphatic carbocycles. The zero-order valence-electron chi connectivity index (χ0n) is 6.37. The van der Waals surface area contributed by atoms with Gasteiger partial charge in [0.25, 0.3) is 0 Å². The number of imidazole rings is 1. The Bertz CT molecular complexity index is 183. The molecule has 0 saturated carbocycles. The number of rotatable bonds is 2. The van der Waals surface area contributed by atoms with Crippen LogP contribution in [0, 0.1) is 6.92 Å². The summed E-state index contributed by atoms with van der Waals surface area (Å²) in [5, 5.41) is 0. The van der Waals surface area contributed by atoms with E-state index in [4.69, 9.17) is 0 Å². The summed E-state index contributed by atoms with van der Waals surface area (Å²) >= 11 is 0. The SMILES string of the molecule is CCCn1ccnc1C.I. The van der Waals surface area contributed by atoms with Gasteiger partial charge in [-0.05, 0) is 13.3 Å². The maximum atomic E-state index is 4.10. The fraction of sp³-hybridized carbons (Fsp3) is 0.571. The Morgan fingerprint density at radius 3 is 2.70 bits per heavy atom. The first-order valence-electron chi connectivity index (χ1n) is 3.32. The molecule has 0 N–H and O–H groups in total. The van der Waals surface area contributed by atoms with E-state index < -0.39 is 0 Å². The molecule has 58 valence electrons. The van der Waals surface area contributed by atoms with Crippen LogP contribution in [-0.2, 0) is 6.54 Å². The van der Waals surface area contributed by atoms with Crippen molar-refractivity contribution in [2.75, 3.05) is 0 Å². The Balaban J connectivity index is 0.000000810. The minimum absolute atomic E-state index is 0. The van der Waals surface area contributed by atoms with Crippen LogP contribution in [0.2, 0.25) is 0 Å². The molecule has 0 bridgehead atoms. The molecule has 0 unspecified atom stereocenters. The number of nitrogens with zero attached hydrogens (tertiary/aromatic N) is 2. The van der Waals surface area contributed by atoms with E-state index >= 15 is 0 Å². The number of hydrogen-bond acceptors (Lipinski definition) is 1. The Morgan fingerprint density at radius 1 is 1.60 bits per heavy atom. The van der Waals surface area contributed by atoms with Crippen molar-refractivity contribution in [2.45, 2.75) is 26.8 Å². The molecule has 10 heavy (non-hydrogen) atoms. The van der Waals surface area contributed by atoms with E-state index in [-0.39, 0.29) is 24.0 Å². The van der Waals surface area contributed by atoms with E-state index in [1.165, 1.54) is 6.42 Å². The quantitative estimate of drug-likeness (QED) is 0.738. The molecule has 0 radical (unpaired) electrons. The summed E-state index contributed by atoms with van der Waals surface area (Å²) in [4.78, 5) is 4.10. The van der Waals surface area contributed by atoms with E-state index in [9.17, 15) is 0 Å². The van der Waals surface area contributed by atoms with Gasteiger partial charge in [-0.15, -0.1) is 24.0 Å². The molecule has 1 aromatic rings. The van der Waals surface area contributed by atoms with Crippen molar-refractivity contribution in [1.29, 1.82) is 0 Å². The van der Waals surface area contributed by atoms with Crippen molar-refractivity contribution in [3.63, 3.8) is 0 Å². The minimum atomic E-state index is 0. The molecular weight excluding hydrogens is 239 g/mol. The van der Waals surface area contributed by atoms with Gasteiger partial charge in [0.2, 0.25) is 0 Å². The van der Waals surface area contributed by atoms with Gasteiger partial charge in [0, 0.05) is 18.9 Å². The highest BCUT2D eigenvalue weighted by Gasteiger charge is 1.91. The normalized spacial score (nSPS) is 9.00. The average molecular weight is 252 g/mol. The molecule has 0 fully saturated rings. The van der Waals surface area contributed by atoms with Crippen LogP contribution in [0.15, 0.2) is 12.4 Å². The molecule has 3 heteroatoms. The summed E-state index contributed by atoms with van der Waals surface area (Å²) < 4.78 is 2.15. The van der Waals surface area contributed by atoms with E-state index in [1.807, 2.05) is 19.3 Å². The predicted molar refractivity (Wildman–Crippen MR) is 52.7 cm³/mol. The van der Waals surface area contributed by atoms with Crippen LogP contribution in [0.3, 0.4) is 0 Å². The molecule has 2 nitrogen and oxygen atoms in total. The smallest absolute Gasteiger partial charge is 0.105 e. The summed E-state index contributed by atoms with van der Waals surface area (Å²) in [7, 11) is 0. The second kappa shape index (κ2) is 4.71. The van der Waals surface area contributed by atoms with Crippen molar-refractivity contribution in [3.05, 3.63) is 18.2 Å². The van der Waals surface area contributed by atoms with Gasteiger partial charge in [0.15, 0.2) is 0 Å². The van der Waals surface area contributed by atoms with E-state index in [0.29, 0.717) is 0 Å². The molecule has 0 aliphatic heterocycles. The molecule has 0 amide bonds. The van der Waals surface area contributed by atoms with Gasteiger partial charge in [-0.1, -0.05) is 6.92 Å². The van der Waals surface area contributed by atoms with Gasteiger partial charge >= 0.3 is 0 Å². The highest BCUT2D eigenvalue weighted by atomic mass is 127. The van der Waals surface area contributed by atoms with Crippen LogP contribution in [0.5, 0.6) is 0 Å². The first kappa shape index (κ1) is 9.94. The van der Waals surface area contributed by atoms with E-state index in [0.717, 1.165) is 12.4 Å². The fourth-order valence-corrected chi connectivity index (χ4v) is 0.881. The molecule has 0 spiro atoms. The van der Waals surface area contributed by atoms with E-state index in [1.54, 1.807) is 0 Å². The van der Waals surface area contributed by atoms with E-state index in [2.05, 4.69) is 16.5 Å². The van der Waals surface area contributed by atoms with Crippen LogP contribution in [0.25, 0.3) is 0 Å². The number of hydrogen-bond donors (Lipinski definition) is 0. The summed E-state index contributed by atoms with van der Waals surface area (Å²) in [6.45, 7) is 5.28. The Labute approximate surface area is 78.7 Å². The van der Waals surface area contributed by atoms with Gasteiger partial charge in [-0.25, -0.2) is 4.98 Å². The fourth-order valence-electron chi connectivity index (χ4n) is 0.881. The number of aromatic nitrogens is 2. The molecule has 1 heterocycles. The highest BCUT2D eigenvalue weighted by Crippen LogP contribution is 1.95. The molecule has 0 aromatic carbocycles. The Kier molecular flexibility index (Phi) is 4.68. The van der Waals surface area contributed by atoms with Crippen LogP contribution in [0.4, 0.5) is 0 Å². The van der Waals surface area contributed by atoms with Gasteiger partial charge in [0.1, 0.15) is 5.82 Å². The zero-order chi connectivity index (χ0) is 6.69. The third-order valence-electron chi connectivity index (χ3n) is 1.39. The maximum absolute atomic E-state index is 4.10. The summed E-state index contributed by atoms with van der Waals surface area (Å²) in [5.74, 6) is 1.11. The summed E-state index contributed by atoms with van der Waals surface area (Å²) in [5.41, 5.74) is 0. The highest BCUT2D eigenvalue weighted by molar-refractivity contribution is 14.0. The monoisotopic (exact) mass is 252 g/mol. The van der Waals surface area contributed by atoms with Crippen LogP contribution in [-0.4, -0.2) is 9.55 Å². The zero-order valence-corrected chi connectivity index (χ0v) is 8.70. The topological polar surface area (TPSA) is 17.8 Å². The Morgan fingerprint density at radius 2 is 2.30 bits per heavy atom. The summed E-state index contributed by atoms with van der Waals surface area (Å²) in [6, 6.07) is 0. The van der Waals surface area contributed by atoms with Crippen LogP contribution < -0.4 is 0 Å². The van der Waals surface area contributed by atoms with Gasteiger partial charge in [-0.3, -0.25) is 0 Å². The largest absolute Gasteiger partial charge is 0.335 e. The number of aryl methyl sites for hydroxylation is 2. The lowest BCUT2D eigenvalue weighted by molar-refractivity contribution is 0.658. The lowest BCUT2D eigenvalue weighted by Crippen LogP contribution is -1.96. The van der Waals surface area contributed by atoms with Gasteiger partial charge < -0.3 is 4.57 Å². The van der Waals surface area contributed by atoms with Gasteiger partial charge in [0.05, 0.1) is 0 Å². The molecule has 0 atom stereocenters. The lowest BCUT2D eigenvalue weighted by atomic mass is 10.5. The molecular formula is C7H13IN2. The van der Waals surface area contributed by atoms with Crippen molar-refractivity contribution in [2.24, 2.45) is 0 Å². The van der Waals surface area contributed by atoms with Gasteiger partial charge in [-0.2, -0.15) is 0 Å².